The van der Waals surface area contributed by atoms with Crippen molar-refractivity contribution in [2.45, 2.75) is 12.5 Å². The van der Waals surface area contributed by atoms with Crippen LogP contribution in [0.15, 0.2) is 18.2 Å². The Morgan fingerprint density at radius 3 is 2.94 bits per heavy atom. The Morgan fingerprint density at radius 1 is 1.39 bits per heavy atom. The largest absolute Gasteiger partial charge is 0.385 e. The lowest BCUT2D eigenvalue weighted by molar-refractivity contribution is 0.234. The first-order valence-corrected chi connectivity index (χ1v) is 6.26. The fourth-order valence-electron chi connectivity index (χ4n) is 2.18. The first-order valence-electron chi connectivity index (χ1n) is 6.26. The molecule has 0 aliphatic carbocycles. The van der Waals surface area contributed by atoms with Gasteiger partial charge in [0, 0.05) is 37.9 Å². The van der Waals surface area contributed by atoms with Crippen LogP contribution in [0.5, 0.6) is 0 Å². The monoisotopic (exact) mass is 255 g/mol. The van der Waals surface area contributed by atoms with Crippen LogP contribution in [0.4, 0.5) is 14.5 Å². The Bertz CT molecular complexity index is 398. The number of piperazine rings is 1. The van der Waals surface area contributed by atoms with Crippen molar-refractivity contribution in [1.29, 1.82) is 0 Å². The number of anilines is 1. The highest BCUT2D eigenvalue weighted by atomic mass is 19.2. The predicted molar refractivity (Wildman–Crippen MR) is 68.8 cm³/mol. The Morgan fingerprint density at radius 2 is 2.22 bits per heavy atom. The molecule has 0 radical (unpaired) electrons. The zero-order valence-electron chi connectivity index (χ0n) is 10.5. The maximum Gasteiger partial charge on any atom is 0.160 e. The molecule has 1 aromatic carbocycles. The van der Waals surface area contributed by atoms with Crippen molar-refractivity contribution < 1.29 is 8.78 Å². The van der Waals surface area contributed by atoms with Crippen LogP contribution in [0.3, 0.4) is 0 Å². The number of hydrogen-bond acceptors (Lipinski definition) is 3. The molecule has 1 unspecified atom stereocenters. The van der Waals surface area contributed by atoms with Crippen molar-refractivity contribution in [2.75, 3.05) is 38.5 Å². The molecule has 0 aromatic heterocycles. The van der Waals surface area contributed by atoms with Gasteiger partial charge in [0.15, 0.2) is 11.6 Å². The predicted octanol–water partition coefficient (Wildman–Crippen LogP) is 1.67. The molecule has 1 aliphatic rings. The zero-order valence-corrected chi connectivity index (χ0v) is 10.5. The van der Waals surface area contributed by atoms with Gasteiger partial charge >= 0.3 is 0 Å². The third-order valence-electron chi connectivity index (χ3n) is 3.20. The second kappa shape index (κ2) is 6.11. The highest BCUT2D eigenvalue weighted by Crippen LogP contribution is 2.13. The minimum absolute atomic E-state index is 0.460. The van der Waals surface area contributed by atoms with Crippen molar-refractivity contribution in [1.82, 2.24) is 10.2 Å². The SMILES string of the molecule is CN1CCNC(CCNc2ccc(F)c(F)c2)C1. The number of halogens is 2. The topological polar surface area (TPSA) is 27.3 Å². The van der Waals surface area contributed by atoms with E-state index in [2.05, 4.69) is 22.6 Å². The van der Waals surface area contributed by atoms with Gasteiger partial charge in [-0.3, -0.25) is 0 Å². The van der Waals surface area contributed by atoms with Crippen LogP contribution in [-0.4, -0.2) is 44.2 Å². The minimum Gasteiger partial charge on any atom is -0.385 e. The van der Waals surface area contributed by atoms with Crippen molar-refractivity contribution in [3.05, 3.63) is 29.8 Å². The molecule has 0 saturated carbocycles. The lowest BCUT2D eigenvalue weighted by atomic mass is 10.1. The van der Waals surface area contributed by atoms with Crippen LogP contribution in [0.1, 0.15) is 6.42 Å². The summed E-state index contributed by atoms with van der Waals surface area (Å²) in [6, 6.07) is 4.35. The minimum atomic E-state index is -0.810. The van der Waals surface area contributed by atoms with Crippen LogP contribution in [0.25, 0.3) is 0 Å². The van der Waals surface area contributed by atoms with Gasteiger partial charge in [-0.15, -0.1) is 0 Å². The summed E-state index contributed by atoms with van der Waals surface area (Å²) in [5.41, 5.74) is 0.623. The van der Waals surface area contributed by atoms with E-state index in [1.807, 2.05) is 0 Å². The number of nitrogens with one attached hydrogen (secondary N) is 2. The van der Waals surface area contributed by atoms with E-state index in [0.717, 1.165) is 38.7 Å². The van der Waals surface area contributed by atoms with Crippen LogP contribution < -0.4 is 10.6 Å². The molecule has 18 heavy (non-hydrogen) atoms. The maximum absolute atomic E-state index is 13.0. The molecule has 0 amide bonds. The summed E-state index contributed by atoms with van der Waals surface area (Å²) in [6.45, 7) is 3.86. The number of likely N-dealkylation sites (N-methyl/N-ethyl adjacent to an activating group) is 1. The van der Waals surface area contributed by atoms with E-state index in [1.54, 1.807) is 6.07 Å². The number of hydrogen-bond donors (Lipinski definition) is 2. The standard InChI is InChI=1S/C13H19F2N3/c1-18-7-6-17-11(9-18)4-5-16-10-2-3-12(14)13(15)8-10/h2-3,8,11,16-17H,4-7,9H2,1H3. The molecule has 1 saturated heterocycles. The van der Waals surface area contributed by atoms with Crippen molar-refractivity contribution in [3.63, 3.8) is 0 Å². The quantitative estimate of drug-likeness (QED) is 0.857. The summed E-state index contributed by atoms with van der Waals surface area (Å²) in [5, 5.41) is 6.55. The fraction of sp³-hybridized carbons (Fsp3) is 0.538. The van der Waals surface area contributed by atoms with Crippen LogP contribution in [0.2, 0.25) is 0 Å². The van der Waals surface area contributed by atoms with Gasteiger partial charge in [-0.2, -0.15) is 0 Å². The van der Waals surface area contributed by atoms with Gasteiger partial charge in [0.2, 0.25) is 0 Å². The average molecular weight is 255 g/mol. The molecule has 2 N–H and O–H groups in total. The van der Waals surface area contributed by atoms with Gasteiger partial charge in [-0.25, -0.2) is 8.78 Å². The number of rotatable bonds is 4. The second-order valence-electron chi connectivity index (χ2n) is 4.76. The molecule has 3 nitrogen and oxygen atoms in total. The second-order valence-corrected chi connectivity index (χ2v) is 4.76. The Labute approximate surface area is 106 Å². The summed E-state index contributed by atoms with van der Waals surface area (Å²) in [7, 11) is 2.11. The van der Waals surface area contributed by atoms with Crippen LogP contribution in [0, 0.1) is 11.6 Å². The number of nitrogens with zero attached hydrogens (tertiary/aromatic N) is 1. The first-order chi connectivity index (χ1) is 8.65. The van der Waals surface area contributed by atoms with Gasteiger partial charge in [-0.05, 0) is 31.7 Å². The molecule has 0 spiro atoms. The normalized spacial score (nSPS) is 20.9. The summed E-state index contributed by atoms with van der Waals surface area (Å²) >= 11 is 0. The fourth-order valence-corrected chi connectivity index (χ4v) is 2.18. The van der Waals surface area contributed by atoms with E-state index in [4.69, 9.17) is 0 Å². The van der Waals surface area contributed by atoms with E-state index >= 15 is 0 Å². The van der Waals surface area contributed by atoms with Gasteiger partial charge in [0.1, 0.15) is 0 Å². The highest BCUT2D eigenvalue weighted by molar-refractivity contribution is 5.43. The molecular weight excluding hydrogens is 236 g/mol. The summed E-state index contributed by atoms with van der Waals surface area (Å²) < 4.78 is 25.7. The van der Waals surface area contributed by atoms with E-state index in [9.17, 15) is 8.78 Å². The van der Waals surface area contributed by atoms with Crippen LogP contribution >= 0.6 is 0 Å². The third-order valence-corrected chi connectivity index (χ3v) is 3.20. The van der Waals surface area contributed by atoms with Gasteiger partial charge in [-0.1, -0.05) is 0 Å². The Balaban J connectivity index is 1.76. The molecule has 1 heterocycles. The van der Waals surface area contributed by atoms with E-state index < -0.39 is 11.6 Å². The van der Waals surface area contributed by atoms with Crippen LogP contribution in [-0.2, 0) is 0 Å². The molecule has 1 atom stereocenters. The van der Waals surface area contributed by atoms with Crippen molar-refractivity contribution in [2.24, 2.45) is 0 Å². The molecule has 5 heteroatoms. The first kappa shape index (κ1) is 13.2. The smallest absolute Gasteiger partial charge is 0.160 e. The molecule has 2 rings (SSSR count). The maximum atomic E-state index is 13.0. The summed E-state index contributed by atoms with van der Waals surface area (Å²) in [5.74, 6) is -1.62. The third kappa shape index (κ3) is 3.65. The average Bonchev–Trinajstić information content (AvgIpc) is 2.34. The van der Waals surface area contributed by atoms with Gasteiger partial charge in [0.05, 0.1) is 0 Å². The number of benzene rings is 1. The summed E-state index contributed by atoms with van der Waals surface area (Å²) in [4.78, 5) is 2.29. The molecule has 0 bridgehead atoms. The van der Waals surface area contributed by atoms with E-state index in [0.29, 0.717) is 11.7 Å². The summed E-state index contributed by atoms with van der Waals surface area (Å²) in [6.07, 6.45) is 0.962. The lowest BCUT2D eigenvalue weighted by Gasteiger charge is -2.31. The Kier molecular flexibility index (Phi) is 4.49. The Hall–Kier alpha value is -1.20. The van der Waals surface area contributed by atoms with E-state index in [-0.39, 0.29) is 0 Å². The lowest BCUT2D eigenvalue weighted by Crippen LogP contribution is -2.49. The van der Waals surface area contributed by atoms with Crippen molar-refractivity contribution in [3.8, 4) is 0 Å². The van der Waals surface area contributed by atoms with Gasteiger partial charge in [0.25, 0.3) is 0 Å². The molecule has 1 aromatic rings. The highest BCUT2D eigenvalue weighted by Gasteiger charge is 2.15. The zero-order chi connectivity index (χ0) is 13.0. The molecular formula is C13H19F2N3. The van der Waals surface area contributed by atoms with E-state index in [1.165, 1.54) is 6.07 Å². The van der Waals surface area contributed by atoms with Gasteiger partial charge < -0.3 is 15.5 Å². The molecule has 100 valence electrons. The van der Waals surface area contributed by atoms with Crippen molar-refractivity contribution >= 4 is 5.69 Å². The molecule has 1 aliphatic heterocycles. The molecule has 1 fully saturated rings.